The zero-order valence-corrected chi connectivity index (χ0v) is 12.0. The fourth-order valence-electron chi connectivity index (χ4n) is 3.53. The molecule has 0 bridgehead atoms. The van der Waals surface area contributed by atoms with Gasteiger partial charge in [-0.1, -0.05) is 54.6 Å². The average Bonchev–Trinajstić information content (AvgIpc) is 2.92. The van der Waals surface area contributed by atoms with Gasteiger partial charge in [0.25, 0.3) is 0 Å². The first-order valence-electron chi connectivity index (χ1n) is 7.53. The quantitative estimate of drug-likeness (QED) is 0.719. The van der Waals surface area contributed by atoms with E-state index in [1.807, 2.05) is 18.5 Å². The van der Waals surface area contributed by atoms with Gasteiger partial charge in [0.05, 0.1) is 11.7 Å². The molecule has 1 atom stereocenters. The van der Waals surface area contributed by atoms with E-state index in [0.717, 1.165) is 0 Å². The summed E-state index contributed by atoms with van der Waals surface area (Å²) in [7, 11) is 0. The Hall–Kier alpha value is -2.87. The molecule has 2 heteroatoms. The third-order valence-corrected chi connectivity index (χ3v) is 4.53. The Kier molecular flexibility index (Phi) is 2.30. The van der Waals surface area contributed by atoms with Crippen molar-refractivity contribution in [2.75, 3.05) is 0 Å². The number of hydrogen-bond donors (Lipinski definition) is 1. The van der Waals surface area contributed by atoms with E-state index in [9.17, 15) is 0 Å². The van der Waals surface area contributed by atoms with E-state index in [2.05, 4.69) is 64.9 Å². The molecule has 0 radical (unpaired) electrons. The number of hydrogen-bond acceptors (Lipinski definition) is 2. The molecule has 1 N–H and O–H groups in total. The Labute approximate surface area is 128 Å². The smallest absolute Gasteiger partial charge is 0.0716 e. The van der Waals surface area contributed by atoms with Crippen LogP contribution in [0.1, 0.15) is 22.7 Å². The fourth-order valence-corrected chi connectivity index (χ4v) is 3.53. The van der Waals surface area contributed by atoms with Crippen LogP contribution in [0.3, 0.4) is 0 Å². The molecule has 104 valence electrons. The zero-order valence-electron chi connectivity index (χ0n) is 12.0. The van der Waals surface area contributed by atoms with Crippen LogP contribution in [0.25, 0.3) is 22.0 Å². The molecular formula is C20H14N2. The lowest BCUT2D eigenvalue weighted by molar-refractivity contribution is 0.764. The first-order valence-corrected chi connectivity index (χ1v) is 7.53. The van der Waals surface area contributed by atoms with Crippen molar-refractivity contribution in [3.05, 3.63) is 89.8 Å². The maximum absolute atomic E-state index is 4.23. The summed E-state index contributed by atoms with van der Waals surface area (Å²) in [6.45, 7) is 0. The highest BCUT2D eigenvalue weighted by atomic mass is 14.9. The van der Waals surface area contributed by atoms with Gasteiger partial charge < -0.3 is 5.32 Å². The lowest BCUT2D eigenvalue weighted by Crippen LogP contribution is -2.20. The maximum atomic E-state index is 4.23. The number of aromatic nitrogens is 1. The van der Waals surface area contributed by atoms with Crippen LogP contribution < -0.4 is 5.32 Å². The molecule has 2 nitrogen and oxygen atoms in total. The van der Waals surface area contributed by atoms with E-state index in [-0.39, 0.29) is 6.04 Å². The second kappa shape index (κ2) is 4.31. The van der Waals surface area contributed by atoms with Crippen LogP contribution in [0.4, 0.5) is 0 Å². The minimum Gasteiger partial charge on any atom is -0.374 e. The van der Waals surface area contributed by atoms with Gasteiger partial charge in [0.15, 0.2) is 0 Å². The molecule has 0 saturated carbocycles. The first kappa shape index (κ1) is 11.8. The first-order chi connectivity index (χ1) is 10.9. The molecule has 0 spiro atoms. The van der Waals surface area contributed by atoms with Crippen LogP contribution in [0.5, 0.6) is 0 Å². The largest absolute Gasteiger partial charge is 0.374 e. The Morgan fingerprint density at radius 1 is 0.909 bits per heavy atom. The molecule has 5 rings (SSSR count). The topological polar surface area (TPSA) is 24.9 Å². The molecule has 1 aliphatic carbocycles. The summed E-state index contributed by atoms with van der Waals surface area (Å²) in [6.07, 6.45) is 8.21. The van der Waals surface area contributed by atoms with Gasteiger partial charge in [-0.05, 0) is 28.0 Å². The van der Waals surface area contributed by atoms with Crippen LogP contribution in [0, 0.1) is 0 Å². The number of dihydropyridines is 1. The lowest BCUT2D eigenvalue weighted by Gasteiger charge is -2.23. The van der Waals surface area contributed by atoms with Crippen molar-refractivity contribution in [3.63, 3.8) is 0 Å². The van der Waals surface area contributed by atoms with E-state index >= 15 is 0 Å². The number of pyridine rings is 1. The third kappa shape index (κ3) is 1.52. The predicted octanol–water partition coefficient (Wildman–Crippen LogP) is 4.32. The van der Waals surface area contributed by atoms with Crippen LogP contribution in [-0.4, -0.2) is 4.98 Å². The fraction of sp³-hybridized carbons (Fsp3) is 0.0500. The standard InChI is InChI=1S/C20H14N2/c1-4-13-5-2-8-17-19(13)15(7-1)16-9-10-18(22-20(16)17)14-6-3-11-21-12-14/h1-12,18,22H. The van der Waals surface area contributed by atoms with E-state index in [0.29, 0.717) is 0 Å². The number of fused-ring (bicyclic) bond motifs is 2. The van der Waals surface area contributed by atoms with E-state index in [1.54, 1.807) is 0 Å². The SMILES string of the molecule is C1=CC(c2cccnc2)NC2=C1c1cccc3cccc2c13. The van der Waals surface area contributed by atoms with Crippen molar-refractivity contribution in [3.8, 4) is 0 Å². The minimum absolute atomic E-state index is 0.178. The number of nitrogens with one attached hydrogen (secondary N) is 1. The Morgan fingerprint density at radius 3 is 2.59 bits per heavy atom. The molecule has 22 heavy (non-hydrogen) atoms. The maximum Gasteiger partial charge on any atom is 0.0716 e. The minimum atomic E-state index is 0.178. The van der Waals surface area contributed by atoms with Gasteiger partial charge in [0.1, 0.15) is 0 Å². The summed E-state index contributed by atoms with van der Waals surface area (Å²) in [4.78, 5) is 4.23. The summed E-state index contributed by atoms with van der Waals surface area (Å²) in [6, 6.07) is 17.3. The highest BCUT2D eigenvalue weighted by molar-refractivity contribution is 6.15. The van der Waals surface area contributed by atoms with Crippen molar-refractivity contribution in [1.29, 1.82) is 0 Å². The monoisotopic (exact) mass is 282 g/mol. The second-order valence-electron chi connectivity index (χ2n) is 5.77. The van der Waals surface area contributed by atoms with Crippen molar-refractivity contribution >= 4 is 22.0 Å². The Bertz CT molecular complexity index is 947. The van der Waals surface area contributed by atoms with Gasteiger partial charge >= 0.3 is 0 Å². The summed E-state index contributed by atoms with van der Waals surface area (Å²) >= 11 is 0. The van der Waals surface area contributed by atoms with Gasteiger partial charge in [-0.3, -0.25) is 4.98 Å². The molecular weight excluding hydrogens is 268 g/mol. The van der Waals surface area contributed by atoms with Crippen LogP contribution in [0.2, 0.25) is 0 Å². The number of allylic oxidation sites excluding steroid dienone is 2. The molecule has 1 aliphatic heterocycles. The number of nitrogens with zero attached hydrogens (tertiary/aromatic N) is 1. The molecule has 2 aliphatic rings. The Morgan fingerprint density at radius 2 is 1.77 bits per heavy atom. The molecule has 0 saturated heterocycles. The second-order valence-corrected chi connectivity index (χ2v) is 5.77. The highest BCUT2D eigenvalue weighted by Gasteiger charge is 2.26. The molecule has 1 unspecified atom stereocenters. The van der Waals surface area contributed by atoms with Crippen LogP contribution >= 0.6 is 0 Å². The average molecular weight is 282 g/mol. The van der Waals surface area contributed by atoms with Gasteiger partial charge in [-0.2, -0.15) is 0 Å². The molecule has 0 fully saturated rings. The summed E-state index contributed by atoms with van der Waals surface area (Å²) < 4.78 is 0. The Balaban J connectivity index is 1.67. The zero-order chi connectivity index (χ0) is 14.5. The normalized spacial score (nSPS) is 18.5. The van der Waals surface area contributed by atoms with Gasteiger partial charge in [0.2, 0.25) is 0 Å². The van der Waals surface area contributed by atoms with Crippen molar-refractivity contribution < 1.29 is 0 Å². The van der Waals surface area contributed by atoms with Gasteiger partial charge in [-0.15, -0.1) is 0 Å². The summed E-state index contributed by atoms with van der Waals surface area (Å²) in [5, 5.41) is 6.35. The molecule has 1 aromatic heterocycles. The van der Waals surface area contributed by atoms with Crippen LogP contribution in [0.15, 0.2) is 73.1 Å². The van der Waals surface area contributed by atoms with Crippen LogP contribution in [-0.2, 0) is 0 Å². The molecule has 2 heterocycles. The highest BCUT2D eigenvalue weighted by Crippen LogP contribution is 2.44. The van der Waals surface area contributed by atoms with E-state index in [1.165, 1.54) is 38.7 Å². The molecule has 3 aromatic rings. The van der Waals surface area contributed by atoms with E-state index < -0.39 is 0 Å². The summed E-state index contributed by atoms with van der Waals surface area (Å²) in [5.41, 5.74) is 6.36. The lowest BCUT2D eigenvalue weighted by atomic mass is 9.99. The van der Waals surface area contributed by atoms with Crippen molar-refractivity contribution in [2.24, 2.45) is 0 Å². The third-order valence-electron chi connectivity index (χ3n) is 4.53. The molecule has 0 amide bonds. The molecule has 2 aromatic carbocycles. The van der Waals surface area contributed by atoms with Gasteiger partial charge in [0, 0.05) is 23.5 Å². The van der Waals surface area contributed by atoms with Crippen molar-refractivity contribution in [1.82, 2.24) is 10.3 Å². The van der Waals surface area contributed by atoms with E-state index in [4.69, 9.17) is 0 Å². The van der Waals surface area contributed by atoms with Gasteiger partial charge in [-0.25, -0.2) is 0 Å². The number of benzene rings is 2. The number of rotatable bonds is 1. The van der Waals surface area contributed by atoms with Crippen molar-refractivity contribution in [2.45, 2.75) is 6.04 Å². The summed E-state index contributed by atoms with van der Waals surface area (Å²) in [5.74, 6) is 0. The predicted molar refractivity (Wildman–Crippen MR) is 90.0 cm³/mol.